The predicted molar refractivity (Wildman–Crippen MR) is 129 cm³/mol. The van der Waals surface area contributed by atoms with Crippen LogP contribution in [0.3, 0.4) is 0 Å². The van der Waals surface area contributed by atoms with E-state index >= 15 is 0 Å². The van der Waals surface area contributed by atoms with Crippen LogP contribution in [0, 0.1) is 0 Å². The molecule has 0 atom stereocenters. The fourth-order valence-corrected chi connectivity index (χ4v) is 5.18. The molecule has 1 heterocycles. The molecule has 4 aromatic carbocycles. The van der Waals surface area contributed by atoms with Gasteiger partial charge < -0.3 is 0 Å². The quantitative estimate of drug-likeness (QED) is 0.282. The van der Waals surface area contributed by atoms with E-state index in [1.54, 1.807) is 0 Å². The predicted octanol–water partition coefficient (Wildman–Crippen LogP) is 8.69. The van der Waals surface area contributed by atoms with Crippen molar-refractivity contribution in [2.45, 2.75) is 26.2 Å². The summed E-state index contributed by atoms with van der Waals surface area (Å²) in [5, 5.41) is 2.74. The van der Waals surface area contributed by atoms with E-state index in [-0.39, 0.29) is 5.41 Å². The largest absolute Gasteiger partial charge is 0.135 e. The molecule has 0 N–H and O–H groups in total. The maximum absolute atomic E-state index is 2.39. The van der Waals surface area contributed by atoms with Gasteiger partial charge >= 0.3 is 0 Å². The topological polar surface area (TPSA) is 0 Å². The summed E-state index contributed by atoms with van der Waals surface area (Å²) in [6, 6.07) is 33.2. The van der Waals surface area contributed by atoms with Crippen molar-refractivity contribution in [3.63, 3.8) is 0 Å². The molecule has 5 rings (SSSR count). The molecule has 0 aliphatic rings. The molecular formula is C28H24S. The molecule has 0 fully saturated rings. The molecule has 142 valence electrons. The van der Waals surface area contributed by atoms with Gasteiger partial charge in [0.15, 0.2) is 0 Å². The van der Waals surface area contributed by atoms with Crippen LogP contribution in [0.15, 0.2) is 91.0 Å². The Morgan fingerprint density at radius 1 is 0.586 bits per heavy atom. The van der Waals surface area contributed by atoms with Gasteiger partial charge in [-0.3, -0.25) is 0 Å². The number of hydrogen-bond acceptors (Lipinski definition) is 1. The highest BCUT2D eigenvalue weighted by molar-refractivity contribution is 7.26. The van der Waals surface area contributed by atoms with Crippen LogP contribution in [0.4, 0.5) is 0 Å². The van der Waals surface area contributed by atoms with Crippen LogP contribution in [-0.4, -0.2) is 0 Å². The zero-order valence-corrected chi connectivity index (χ0v) is 17.9. The van der Waals surface area contributed by atoms with Crippen molar-refractivity contribution in [3.05, 3.63) is 96.6 Å². The summed E-state index contributed by atoms with van der Waals surface area (Å²) in [4.78, 5) is 0. The van der Waals surface area contributed by atoms with Crippen molar-refractivity contribution in [2.24, 2.45) is 0 Å². The molecule has 0 saturated heterocycles. The van der Waals surface area contributed by atoms with Crippen molar-refractivity contribution in [1.29, 1.82) is 0 Å². The Labute approximate surface area is 176 Å². The van der Waals surface area contributed by atoms with E-state index < -0.39 is 0 Å². The monoisotopic (exact) mass is 392 g/mol. The third-order valence-electron chi connectivity index (χ3n) is 5.67. The van der Waals surface area contributed by atoms with Gasteiger partial charge in [-0.15, -0.1) is 11.3 Å². The fraction of sp³-hybridized carbons (Fsp3) is 0.143. The zero-order valence-electron chi connectivity index (χ0n) is 17.1. The standard InChI is InChI=1S/C28H24S/c1-28(2,3)22-16-17-26-25(18-22)24-11-7-10-23(27(24)29-26)21-14-12-20(13-15-21)19-8-5-4-6-9-19/h4-18H,1-3H3. The summed E-state index contributed by atoms with van der Waals surface area (Å²) >= 11 is 1.90. The Kier molecular flexibility index (Phi) is 4.29. The van der Waals surface area contributed by atoms with Crippen LogP contribution in [0.5, 0.6) is 0 Å². The second-order valence-electron chi connectivity index (χ2n) is 8.69. The molecular weight excluding hydrogens is 368 g/mol. The molecule has 0 amide bonds. The maximum atomic E-state index is 2.39. The Hall–Kier alpha value is -2.90. The summed E-state index contributed by atoms with van der Waals surface area (Å²) in [5.74, 6) is 0. The summed E-state index contributed by atoms with van der Waals surface area (Å²) in [5.41, 5.74) is 6.66. The van der Waals surface area contributed by atoms with Crippen LogP contribution in [0.2, 0.25) is 0 Å². The lowest BCUT2D eigenvalue weighted by Gasteiger charge is -2.18. The van der Waals surface area contributed by atoms with Crippen LogP contribution >= 0.6 is 11.3 Å². The first-order valence-corrected chi connectivity index (χ1v) is 10.9. The SMILES string of the molecule is CC(C)(C)c1ccc2sc3c(-c4ccc(-c5ccccc5)cc4)cccc3c2c1. The van der Waals surface area contributed by atoms with Crippen molar-refractivity contribution in [3.8, 4) is 22.3 Å². The minimum atomic E-state index is 0.160. The highest BCUT2D eigenvalue weighted by Gasteiger charge is 2.16. The van der Waals surface area contributed by atoms with Gasteiger partial charge in [-0.2, -0.15) is 0 Å². The average molecular weight is 393 g/mol. The normalized spacial score (nSPS) is 12.0. The van der Waals surface area contributed by atoms with Crippen LogP contribution in [-0.2, 0) is 5.41 Å². The molecule has 0 bridgehead atoms. The van der Waals surface area contributed by atoms with Crippen molar-refractivity contribution < 1.29 is 0 Å². The van der Waals surface area contributed by atoms with E-state index in [4.69, 9.17) is 0 Å². The first-order valence-electron chi connectivity index (χ1n) is 10.1. The Balaban J connectivity index is 1.64. The number of benzene rings is 4. The van der Waals surface area contributed by atoms with Crippen molar-refractivity contribution in [2.75, 3.05) is 0 Å². The van der Waals surface area contributed by atoms with E-state index in [1.807, 2.05) is 11.3 Å². The minimum absolute atomic E-state index is 0.160. The van der Waals surface area contributed by atoms with E-state index in [9.17, 15) is 0 Å². The first-order chi connectivity index (χ1) is 14.0. The second-order valence-corrected chi connectivity index (χ2v) is 9.74. The highest BCUT2D eigenvalue weighted by atomic mass is 32.1. The Bertz CT molecular complexity index is 1300. The molecule has 1 aromatic heterocycles. The lowest BCUT2D eigenvalue weighted by Crippen LogP contribution is -2.10. The van der Waals surface area contributed by atoms with Gasteiger partial charge in [-0.25, -0.2) is 0 Å². The van der Waals surface area contributed by atoms with E-state index in [2.05, 4.69) is 112 Å². The van der Waals surface area contributed by atoms with E-state index in [0.29, 0.717) is 0 Å². The van der Waals surface area contributed by atoms with Gasteiger partial charge in [-0.1, -0.05) is 99.6 Å². The average Bonchev–Trinajstić information content (AvgIpc) is 3.12. The molecule has 0 unspecified atom stereocenters. The molecule has 0 saturated carbocycles. The number of fused-ring (bicyclic) bond motifs is 3. The lowest BCUT2D eigenvalue weighted by atomic mass is 9.86. The maximum Gasteiger partial charge on any atom is 0.0433 e. The molecule has 29 heavy (non-hydrogen) atoms. The van der Waals surface area contributed by atoms with E-state index in [1.165, 1.54) is 48.0 Å². The molecule has 0 aliphatic carbocycles. The molecule has 0 nitrogen and oxygen atoms in total. The van der Waals surface area contributed by atoms with E-state index in [0.717, 1.165) is 0 Å². The first kappa shape index (κ1) is 18.1. The molecule has 0 aliphatic heterocycles. The van der Waals surface area contributed by atoms with Crippen LogP contribution in [0.1, 0.15) is 26.3 Å². The van der Waals surface area contributed by atoms with Gasteiger partial charge in [0, 0.05) is 20.2 Å². The summed E-state index contributed by atoms with van der Waals surface area (Å²) < 4.78 is 2.74. The third-order valence-corrected chi connectivity index (χ3v) is 6.89. The Morgan fingerprint density at radius 3 is 2.00 bits per heavy atom. The fourth-order valence-electron chi connectivity index (χ4n) is 3.97. The molecule has 0 radical (unpaired) electrons. The van der Waals surface area contributed by atoms with Crippen molar-refractivity contribution >= 4 is 31.5 Å². The smallest absolute Gasteiger partial charge is 0.0433 e. The minimum Gasteiger partial charge on any atom is -0.135 e. The molecule has 5 aromatic rings. The Morgan fingerprint density at radius 2 is 1.28 bits per heavy atom. The van der Waals surface area contributed by atoms with Crippen LogP contribution in [0.25, 0.3) is 42.4 Å². The van der Waals surface area contributed by atoms with Crippen molar-refractivity contribution in [1.82, 2.24) is 0 Å². The highest BCUT2D eigenvalue weighted by Crippen LogP contribution is 2.41. The zero-order chi connectivity index (χ0) is 20.0. The van der Waals surface area contributed by atoms with Gasteiger partial charge in [0.2, 0.25) is 0 Å². The van der Waals surface area contributed by atoms with Crippen LogP contribution < -0.4 is 0 Å². The summed E-state index contributed by atoms with van der Waals surface area (Å²) in [6.45, 7) is 6.84. The molecule has 0 spiro atoms. The lowest BCUT2D eigenvalue weighted by molar-refractivity contribution is 0.591. The van der Waals surface area contributed by atoms with Gasteiger partial charge in [-0.05, 0) is 45.4 Å². The number of rotatable bonds is 2. The second kappa shape index (κ2) is 6.86. The molecule has 1 heteroatoms. The van der Waals surface area contributed by atoms with Gasteiger partial charge in [0.05, 0.1) is 0 Å². The summed E-state index contributed by atoms with van der Waals surface area (Å²) in [7, 11) is 0. The number of hydrogen-bond donors (Lipinski definition) is 0. The van der Waals surface area contributed by atoms with Gasteiger partial charge in [0.25, 0.3) is 0 Å². The number of thiophene rings is 1. The van der Waals surface area contributed by atoms with Gasteiger partial charge in [0.1, 0.15) is 0 Å². The summed E-state index contributed by atoms with van der Waals surface area (Å²) in [6.07, 6.45) is 0. The third kappa shape index (κ3) is 3.26.